The highest BCUT2D eigenvalue weighted by Crippen LogP contribution is 2.23. The zero-order valence-electron chi connectivity index (χ0n) is 13.2. The van der Waals surface area contributed by atoms with Crippen LogP contribution in [0, 0.1) is 5.92 Å². The lowest BCUT2D eigenvalue weighted by atomic mass is 9.98. The number of hydrogen-bond acceptors (Lipinski definition) is 7. The third-order valence-corrected chi connectivity index (χ3v) is 5.24. The van der Waals surface area contributed by atoms with Crippen LogP contribution in [0.25, 0.3) is 11.5 Å². The smallest absolute Gasteiger partial charge is 0.309 e. The molecule has 0 saturated carbocycles. The predicted octanol–water partition coefficient (Wildman–Crippen LogP) is 1.65. The number of sulfonamides is 1. The van der Waals surface area contributed by atoms with Gasteiger partial charge < -0.3 is 13.7 Å². The molecule has 0 aromatic carbocycles. The molecule has 3 rings (SSSR count). The minimum absolute atomic E-state index is 0.00926. The SMILES string of the molecule is CS(=O)(=O)N1CCC(C(=O)OCc2cc(-c3ccco3)on2)CC1. The number of ether oxygens (including phenoxy) is 1. The van der Waals surface area contributed by atoms with E-state index in [4.69, 9.17) is 13.7 Å². The maximum Gasteiger partial charge on any atom is 0.309 e. The molecular weight excluding hydrogens is 336 g/mol. The summed E-state index contributed by atoms with van der Waals surface area (Å²) in [6.45, 7) is 0.686. The molecule has 0 atom stereocenters. The molecule has 0 aliphatic carbocycles. The van der Waals surface area contributed by atoms with E-state index in [2.05, 4.69) is 5.16 Å². The fourth-order valence-corrected chi connectivity index (χ4v) is 3.47. The monoisotopic (exact) mass is 354 g/mol. The van der Waals surface area contributed by atoms with Crippen LogP contribution in [0.1, 0.15) is 18.5 Å². The minimum Gasteiger partial charge on any atom is -0.461 e. The van der Waals surface area contributed by atoms with Crippen molar-refractivity contribution in [2.24, 2.45) is 5.92 Å². The van der Waals surface area contributed by atoms with E-state index in [9.17, 15) is 13.2 Å². The van der Waals surface area contributed by atoms with Crippen LogP contribution in [0.15, 0.2) is 33.4 Å². The van der Waals surface area contributed by atoms with Crippen molar-refractivity contribution >= 4 is 16.0 Å². The number of aromatic nitrogens is 1. The minimum atomic E-state index is -3.20. The molecule has 130 valence electrons. The number of carbonyl (C=O) groups excluding carboxylic acids is 1. The highest BCUT2D eigenvalue weighted by molar-refractivity contribution is 7.88. The summed E-state index contributed by atoms with van der Waals surface area (Å²) in [5, 5.41) is 3.83. The van der Waals surface area contributed by atoms with Crippen molar-refractivity contribution < 1.29 is 26.9 Å². The Labute approximate surface area is 139 Å². The predicted molar refractivity (Wildman–Crippen MR) is 83.1 cm³/mol. The molecule has 1 fully saturated rings. The van der Waals surface area contributed by atoms with Crippen LogP contribution in [0.4, 0.5) is 0 Å². The largest absolute Gasteiger partial charge is 0.461 e. The second kappa shape index (κ2) is 6.78. The summed E-state index contributed by atoms with van der Waals surface area (Å²) >= 11 is 0. The van der Waals surface area contributed by atoms with E-state index in [1.807, 2.05) is 0 Å². The average Bonchev–Trinajstić information content (AvgIpc) is 3.23. The van der Waals surface area contributed by atoms with Gasteiger partial charge in [-0.3, -0.25) is 4.79 Å². The first-order valence-corrected chi connectivity index (χ1v) is 9.39. The molecule has 0 N–H and O–H groups in total. The van der Waals surface area contributed by atoms with E-state index < -0.39 is 10.0 Å². The third-order valence-electron chi connectivity index (χ3n) is 3.94. The number of hydrogen-bond donors (Lipinski definition) is 0. The molecule has 0 radical (unpaired) electrons. The third kappa shape index (κ3) is 3.85. The summed E-state index contributed by atoms with van der Waals surface area (Å²) in [6, 6.07) is 5.13. The van der Waals surface area contributed by atoms with Crippen molar-refractivity contribution in [3.8, 4) is 11.5 Å². The van der Waals surface area contributed by atoms with E-state index in [0.29, 0.717) is 43.1 Å². The lowest BCUT2D eigenvalue weighted by molar-refractivity contribution is -0.151. The first kappa shape index (κ1) is 16.7. The molecule has 1 aliphatic heterocycles. The van der Waals surface area contributed by atoms with Crippen molar-refractivity contribution in [3.05, 3.63) is 30.2 Å². The number of furan rings is 1. The number of nitrogens with zero attached hydrogens (tertiary/aromatic N) is 2. The number of esters is 1. The van der Waals surface area contributed by atoms with E-state index in [1.165, 1.54) is 16.8 Å². The summed E-state index contributed by atoms with van der Waals surface area (Å²) in [5.74, 6) is 0.380. The summed E-state index contributed by atoms with van der Waals surface area (Å²) in [7, 11) is -3.20. The molecule has 2 aromatic heterocycles. The first-order valence-electron chi connectivity index (χ1n) is 7.55. The Kier molecular flexibility index (Phi) is 4.72. The molecule has 24 heavy (non-hydrogen) atoms. The Morgan fingerprint density at radius 1 is 1.38 bits per heavy atom. The fraction of sp³-hybridized carbons (Fsp3) is 0.467. The van der Waals surface area contributed by atoms with Crippen molar-refractivity contribution in [1.82, 2.24) is 9.46 Å². The van der Waals surface area contributed by atoms with Crippen molar-refractivity contribution in [2.45, 2.75) is 19.4 Å². The molecule has 1 aliphatic rings. The quantitative estimate of drug-likeness (QED) is 0.752. The van der Waals surface area contributed by atoms with Gasteiger partial charge in [-0.25, -0.2) is 12.7 Å². The van der Waals surface area contributed by atoms with Crippen LogP contribution >= 0.6 is 0 Å². The first-order chi connectivity index (χ1) is 11.4. The highest BCUT2D eigenvalue weighted by atomic mass is 32.2. The van der Waals surface area contributed by atoms with E-state index in [1.54, 1.807) is 18.2 Å². The lowest BCUT2D eigenvalue weighted by Gasteiger charge is -2.28. The molecule has 0 amide bonds. The zero-order chi connectivity index (χ0) is 17.2. The van der Waals surface area contributed by atoms with Gasteiger partial charge >= 0.3 is 5.97 Å². The van der Waals surface area contributed by atoms with Gasteiger partial charge in [0, 0.05) is 19.2 Å². The van der Waals surface area contributed by atoms with E-state index in [-0.39, 0.29) is 18.5 Å². The summed E-state index contributed by atoms with van der Waals surface area (Å²) in [4.78, 5) is 12.1. The second-order valence-corrected chi connectivity index (χ2v) is 7.69. The molecule has 2 aromatic rings. The van der Waals surface area contributed by atoms with Crippen LogP contribution in [0.3, 0.4) is 0 Å². The maximum absolute atomic E-state index is 12.1. The standard InChI is InChI=1S/C15H18N2O6S/c1-24(19,20)17-6-4-11(5-7-17)15(18)22-10-12-9-14(23-16-12)13-3-2-8-21-13/h2-3,8-9,11H,4-7,10H2,1H3. The highest BCUT2D eigenvalue weighted by Gasteiger charge is 2.30. The summed E-state index contributed by atoms with van der Waals surface area (Å²) in [6.07, 6.45) is 3.62. The van der Waals surface area contributed by atoms with E-state index in [0.717, 1.165) is 0 Å². The Bertz CT molecular complexity index is 788. The Balaban J connectivity index is 1.50. The second-order valence-electron chi connectivity index (χ2n) is 5.70. The van der Waals surface area contributed by atoms with Gasteiger partial charge in [0.05, 0.1) is 18.4 Å². The Morgan fingerprint density at radius 2 is 2.12 bits per heavy atom. The summed E-state index contributed by atoms with van der Waals surface area (Å²) < 4.78 is 39.9. The van der Waals surface area contributed by atoms with Gasteiger partial charge in [-0.15, -0.1) is 0 Å². The Morgan fingerprint density at radius 3 is 2.75 bits per heavy atom. The molecule has 0 unspecified atom stereocenters. The van der Waals surface area contributed by atoms with Gasteiger partial charge in [-0.1, -0.05) is 5.16 Å². The van der Waals surface area contributed by atoms with Crippen molar-refractivity contribution in [2.75, 3.05) is 19.3 Å². The number of rotatable bonds is 5. The molecule has 8 nitrogen and oxygen atoms in total. The van der Waals surface area contributed by atoms with Gasteiger partial charge in [0.1, 0.15) is 12.3 Å². The summed E-state index contributed by atoms with van der Waals surface area (Å²) in [5.41, 5.74) is 0.489. The van der Waals surface area contributed by atoms with Crippen LogP contribution in [-0.2, 0) is 26.2 Å². The lowest BCUT2D eigenvalue weighted by Crippen LogP contribution is -2.40. The zero-order valence-corrected chi connectivity index (χ0v) is 14.0. The average molecular weight is 354 g/mol. The molecule has 0 bridgehead atoms. The van der Waals surface area contributed by atoms with Gasteiger partial charge in [-0.2, -0.15) is 0 Å². The van der Waals surface area contributed by atoms with Gasteiger partial charge in [0.15, 0.2) is 5.76 Å². The molecule has 9 heteroatoms. The fourth-order valence-electron chi connectivity index (χ4n) is 2.60. The molecule has 1 saturated heterocycles. The Hall–Kier alpha value is -2.13. The molecule has 0 spiro atoms. The number of piperidine rings is 1. The topological polar surface area (TPSA) is 103 Å². The molecular formula is C15H18N2O6S. The van der Waals surface area contributed by atoms with Gasteiger partial charge in [-0.05, 0) is 25.0 Å². The van der Waals surface area contributed by atoms with Crippen LogP contribution in [0.2, 0.25) is 0 Å². The van der Waals surface area contributed by atoms with Crippen LogP contribution in [0.5, 0.6) is 0 Å². The van der Waals surface area contributed by atoms with Crippen molar-refractivity contribution in [1.29, 1.82) is 0 Å². The van der Waals surface area contributed by atoms with Gasteiger partial charge in [0.2, 0.25) is 15.8 Å². The molecule has 3 heterocycles. The van der Waals surface area contributed by atoms with Gasteiger partial charge in [0.25, 0.3) is 0 Å². The number of carbonyl (C=O) groups is 1. The van der Waals surface area contributed by atoms with Crippen molar-refractivity contribution in [3.63, 3.8) is 0 Å². The van der Waals surface area contributed by atoms with E-state index >= 15 is 0 Å². The normalized spacial score (nSPS) is 17.0. The maximum atomic E-state index is 12.1. The van der Waals surface area contributed by atoms with Crippen LogP contribution in [-0.4, -0.2) is 43.2 Å². The van der Waals surface area contributed by atoms with Crippen LogP contribution < -0.4 is 0 Å².